The zero-order chi connectivity index (χ0) is 14.6. The van der Waals surface area contributed by atoms with Crippen molar-refractivity contribution >= 4 is 22.1 Å². The zero-order valence-corrected chi connectivity index (χ0v) is 14.1. The van der Waals surface area contributed by atoms with Crippen molar-refractivity contribution in [2.75, 3.05) is 5.75 Å². The molecule has 0 rings (SSSR count). The van der Waals surface area contributed by atoms with Crippen molar-refractivity contribution < 1.29 is 62.3 Å². The van der Waals surface area contributed by atoms with Crippen molar-refractivity contribution in [1.29, 1.82) is 0 Å². The molecular formula is C10H19NaO7S. The van der Waals surface area contributed by atoms with Gasteiger partial charge in [0.25, 0.3) is 0 Å². The number of carboxylic acid groups (broad SMARTS) is 2. The number of carbonyl (C=O) groups is 2. The number of hydrogen-bond donors (Lipinski definition) is 2. The van der Waals surface area contributed by atoms with E-state index >= 15 is 0 Å². The quantitative estimate of drug-likeness (QED) is 0.302. The Morgan fingerprint density at radius 3 is 1.68 bits per heavy atom. The Labute approximate surface area is 135 Å². The van der Waals surface area contributed by atoms with Crippen molar-refractivity contribution in [2.24, 2.45) is 0 Å². The molecule has 7 nitrogen and oxygen atoms in total. The molecule has 0 aromatic heterocycles. The van der Waals surface area contributed by atoms with E-state index in [1.807, 2.05) is 6.92 Å². The molecule has 0 radical (unpaired) electrons. The first-order chi connectivity index (χ1) is 8.19. The summed E-state index contributed by atoms with van der Waals surface area (Å²) < 4.78 is 30.1. The Morgan fingerprint density at radius 1 is 1.00 bits per heavy atom. The maximum Gasteiger partial charge on any atom is 1.00 e. The van der Waals surface area contributed by atoms with Gasteiger partial charge in [0, 0.05) is 5.75 Å². The normalized spacial score (nSPS) is 9.79. The molecular weight excluding hydrogens is 287 g/mol. The first kappa shape index (κ1) is 23.9. The summed E-state index contributed by atoms with van der Waals surface area (Å²) >= 11 is 0. The summed E-state index contributed by atoms with van der Waals surface area (Å²) in [6.07, 6.45) is 2.83. The van der Waals surface area contributed by atoms with Crippen LogP contribution in [0.2, 0.25) is 0 Å². The van der Waals surface area contributed by atoms with Crippen LogP contribution in [0.3, 0.4) is 0 Å². The topological polar surface area (TPSA) is 132 Å². The van der Waals surface area contributed by atoms with Crippen LogP contribution in [0.5, 0.6) is 0 Å². The van der Waals surface area contributed by atoms with Gasteiger partial charge in [0.1, 0.15) is 0 Å². The van der Waals surface area contributed by atoms with E-state index in [1.54, 1.807) is 0 Å². The first-order valence-electron chi connectivity index (χ1n) is 5.56. The molecule has 0 aliphatic heterocycles. The van der Waals surface area contributed by atoms with Gasteiger partial charge in [0.15, 0.2) is 0 Å². The van der Waals surface area contributed by atoms with Gasteiger partial charge in [0.05, 0.1) is 23.0 Å². The van der Waals surface area contributed by atoms with Crippen LogP contribution in [0.1, 0.15) is 45.4 Å². The van der Waals surface area contributed by atoms with Crippen LogP contribution in [0.15, 0.2) is 0 Å². The van der Waals surface area contributed by atoms with Crippen molar-refractivity contribution in [3.8, 4) is 0 Å². The molecule has 0 unspecified atom stereocenters. The summed E-state index contributed by atoms with van der Waals surface area (Å²) in [5.74, 6) is -2.35. The molecule has 9 heteroatoms. The Kier molecular flexibility index (Phi) is 17.9. The standard InChI is InChI=1S/C6H14O3S.C4H6O4.Na/c1-2-3-4-5-6-10(7,8)9;5-3(6)1-2-4(7)8;/h2-6H2,1H3,(H,7,8,9);1-2H2,(H,5,6)(H,7,8);/q;;+1/p-1. The van der Waals surface area contributed by atoms with E-state index in [4.69, 9.17) is 10.2 Å². The molecule has 0 aromatic rings. The Bertz CT molecular complexity index is 326. The molecule has 0 heterocycles. The van der Waals surface area contributed by atoms with E-state index in [-0.39, 0.29) is 48.2 Å². The third-order valence-electron chi connectivity index (χ3n) is 1.80. The SMILES string of the molecule is CCCCCCS(=O)(=O)[O-].O=C(O)CCC(=O)O.[Na+]. The second-order valence-corrected chi connectivity index (χ2v) is 5.13. The fourth-order valence-corrected chi connectivity index (χ4v) is 1.48. The first-order valence-corrected chi connectivity index (χ1v) is 7.14. The average molecular weight is 306 g/mol. The summed E-state index contributed by atoms with van der Waals surface area (Å²) in [5, 5.41) is 15.8. The van der Waals surface area contributed by atoms with Crippen LogP contribution in [-0.4, -0.2) is 40.9 Å². The predicted molar refractivity (Wildman–Crippen MR) is 63.2 cm³/mol. The number of hydrogen-bond acceptors (Lipinski definition) is 5. The van der Waals surface area contributed by atoms with E-state index in [0.717, 1.165) is 19.3 Å². The Morgan fingerprint density at radius 2 is 1.42 bits per heavy atom. The van der Waals surface area contributed by atoms with E-state index in [1.165, 1.54) is 0 Å². The van der Waals surface area contributed by atoms with Gasteiger partial charge in [-0.25, -0.2) is 8.42 Å². The smallest absolute Gasteiger partial charge is 0.748 e. The molecule has 108 valence electrons. The fourth-order valence-electron chi connectivity index (χ4n) is 0.919. The van der Waals surface area contributed by atoms with Crippen LogP contribution in [-0.2, 0) is 19.7 Å². The number of unbranched alkanes of at least 4 members (excludes halogenated alkanes) is 3. The van der Waals surface area contributed by atoms with Crippen LogP contribution < -0.4 is 29.6 Å². The van der Waals surface area contributed by atoms with Crippen LogP contribution >= 0.6 is 0 Å². The molecule has 0 bridgehead atoms. The van der Waals surface area contributed by atoms with Gasteiger partial charge < -0.3 is 14.8 Å². The third kappa shape index (κ3) is 31.9. The number of rotatable bonds is 8. The average Bonchev–Trinajstić information content (AvgIpc) is 2.21. The van der Waals surface area contributed by atoms with Gasteiger partial charge in [-0.2, -0.15) is 0 Å². The third-order valence-corrected chi connectivity index (χ3v) is 2.59. The monoisotopic (exact) mass is 306 g/mol. The van der Waals surface area contributed by atoms with E-state index in [0.29, 0.717) is 6.42 Å². The van der Waals surface area contributed by atoms with E-state index in [2.05, 4.69) is 0 Å². The van der Waals surface area contributed by atoms with Gasteiger partial charge in [-0.3, -0.25) is 9.59 Å². The molecule has 19 heavy (non-hydrogen) atoms. The van der Waals surface area contributed by atoms with Crippen molar-refractivity contribution in [3.63, 3.8) is 0 Å². The van der Waals surface area contributed by atoms with Gasteiger partial charge >= 0.3 is 41.5 Å². The number of carboxylic acids is 2. The minimum Gasteiger partial charge on any atom is -0.748 e. The van der Waals surface area contributed by atoms with Crippen LogP contribution in [0, 0.1) is 0 Å². The minimum atomic E-state index is -3.95. The van der Waals surface area contributed by atoms with Crippen molar-refractivity contribution in [1.82, 2.24) is 0 Å². The van der Waals surface area contributed by atoms with Crippen molar-refractivity contribution in [2.45, 2.75) is 45.4 Å². The van der Waals surface area contributed by atoms with E-state index in [9.17, 15) is 22.6 Å². The molecule has 0 saturated carbocycles. The maximum absolute atomic E-state index is 10.0. The second kappa shape index (κ2) is 14.3. The second-order valence-electron chi connectivity index (χ2n) is 3.61. The Hall–Kier alpha value is -0.150. The zero-order valence-electron chi connectivity index (χ0n) is 11.3. The largest absolute Gasteiger partial charge is 1.00 e. The fraction of sp³-hybridized carbons (Fsp3) is 0.800. The molecule has 0 spiro atoms. The number of aliphatic carboxylic acids is 2. The molecule has 0 aromatic carbocycles. The molecule has 0 fully saturated rings. The maximum atomic E-state index is 10.0. The van der Waals surface area contributed by atoms with Crippen molar-refractivity contribution in [3.05, 3.63) is 0 Å². The van der Waals surface area contributed by atoms with Gasteiger partial charge in [-0.15, -0.1) is 0 Å². The summed E-state index contributed by atoms with van der Waals surface area (Å²) in [4.78, 5) is 19.3. The minimum absolute atomic E-state index is 0. The molecule has 0 aliphatic rings. The summed E-state index contributed by atoms with van der Waals surface area (Å²) in [7, 11) is -3.95. The van der Waals surface area contributed by atoms with Crippen LogP contribution in [0.4, 0.5) is 0 Å². The van der Waals surface area contributed by atoms with Gasteiger partial charge in [-0.05, 0) is 6.42 Å². The van der Waals surface area contributed by atoms with Gasteiger partial charge in [0.2, 0.25) is 0 Å². The molecule has 0 amide bonds. The molecule has 0 saturated heterocycles. The van der Waals surface area contributed by atoms with E-state index < -0.39 is 22.1 Å². The summed E-state index contributed by atoms with van der Waals surface area (Å²) in [6.45, 7) is 2.03. The summed E-state index contributed by atoms with van der Waals surface area (Å²) in [6, 6.07) is 0. The molecule has 0 atom stereocenters. The predicted octanol–water partition coefficient (Wildman–Crippen LogP) is -1.95. The van der Waals surface area contributed by atoms with Gasteiger partial charge in [-0.1, -0.05) is 26.2 Å². The molecule has 0 aliphatic carbocycles. The molecule has 2 N–H and O–H groups in total. The van der Waals surface area contributed by atoms with Crippen LogP contribution in [0.25, 0.3) is 0 Å². The summed E-state index contributed by atoms with van der Waals surface area (Å²) in [5.41, 5.74) is 0. The Balaban J connectivity index is -0.000000262.